The second-order valence-corrected chi connectivity index (χ2v) is 9.31. The number of nitrogens with zero attached hydrogens (tertiary/aromatic N) is 1. The van der Waals surface area contributed by atoms with Crippen molar-refractivity contribution in [2.75, 3.05) is 0 Å². The molecule has 0 heterocycles. The Balaban J connectivity index is 2.09. The number of rotatable bonds is 2. The third-order valence-electron chi connectivity index (χ3n) is 5.11. The highest BCUT2D eigenvalue weighted by atomic mass is 32.2. The zero-order valence-corrected chi connectivity index (χ0v) is 13.3. The predicted molar refractivity (Wildman–Crippen MR) is 80.1 cm³/mol. The number of hydrogen-bond acceptors (Lipinski definition) is 2. The van der Waals surface area contributed by atoms with Crippen molar-refractivity contribution in [1.82, 2.24) is 0 Å². The van der Waals surface area contributed by atoms with Crippen LogP contribution in [0.25, 0.3) is 0 Å². The minimum Gasteiger partial charge on any atom is -0.259 e. The summed E-state index contributed by atoms with van der Waals surface area (Å²) in [7, 11) is -0.790. The summed E-state index contributed by atoms with van der Waals surface area (Å²) in [5.41, 5.74) is 0.276. The van der Waals surface area contributed by atoms with Crippen LogP contribution in [0.4, 0.5) is 0 Å². The predicted octanol–water partition coefficient (Wildman–Crippen LogP) is 4.03. The average molecular weight is 281 g/mol. The largest absolute Gasteiger partial charge is 0.259 e. The van der Waals surface area contributed by atoms with Crippen LogP contribution < -0.4 is 0 Å². The van der Waals surface area contributed by atoms with Gasteiger partial charge in [-0.2, -0.15) is 5.26 Å². The highest BCUT2D eigenvalue weighted by molar-refractivity contribution is 7.86. The zero-order valence-electron chi connectivity index (χ0n) is 12.5. The van der Waals surface area contributed by atoms with Crippen LogP contribution in [0.5, 0.6) is 0 Å². The van der Waals surface area contributed by atoms with Crippen LogP contribution in [0.3, 0.4) is 0 Å². The van der Waals surface area contributed by atoms with Crippen molar-refractivity contribution in [1.29, 1.82) is 5.26 Å². The Morgan fingerprint density at radius 2 is 1.74 bits per heavy atom. The van der Waals surface area contributed by atoms with Crippen LogP contribution >= 0.6 is 0 Å². The molecule has 0 N–H and O–H groups in total. The molecule has 2 aliphatic rings. The maximum Gasteiger partial charge on any atom is 0.0668 e. The summed E-state index contributed by atoms with van der Waals surface area (Å²) in [4.78, 5) is 0. The molecule has 0 aliphatic heterocycles. The van der Waals surface area contributed by atoms with Gasteiger partial charge in [0.05, 0.1) is 17.2 Å². The zero-order chi connectivity index (χ0) is 14.0. The van der Waals surface area contributed by atoms with Crippen LogP contribution in [0.1, 0.15) is 65.7 Å². The van der Waals surface area contributed by atoms with Gasteiger partial charge in [0, 0.05) is 16.0 Å². The maximum absolute atomic E-state index is 12.8. The Bertz CT molecular complexity index is 373. The van der Waals surface area contributed by atoms with E-state index in [0.717, 1.165) is 32.1 Å². The van der Waals surface area contributed by atoms with Crippen molar-refractivity contribution in [3.63, 3.8) is 0 Å². The second kappa shape index (κ2) is 5.95. The fourth-order valence-electron chi connectivity index (χ4n) is 3.69. The van der Waals surface area contributed by atoms with Gasteiger partial charge in [-0.3, -0.25) is 4.21 Å². The molecule has 0 amide bonds. The SMILES string of the molecule is CC(C)(C)C1CCC(C#N)C(S(=O)C2CCCC2)C1. The van der Waals surface area contributed by atoms with Gasteiger partial charge < -0.3 is 0 Å². The van der Waals surface area contributed by atoms with E-state index in [1.165, 1.54) is 12.8 Å². The molecule has 0 aromatic carbocycles. The van der Waals surface area contributed by atoms with E-state index < -0.39 is 10.8 Å². The van der Waals surface area contributed by atoms with E-state index in [2.05, 4.69) is 26.8 Å². The third-order valence-corrected chi connectivity index (χ3v) is 7.36. The van der Waals surface area contributed by atoms with Crippen molar-refractivity contribution in [3.8, 4) is 6.07 Å². The molecule has 0 bridgehead atoms. The first-order valence-electron chi connectivity index (χ1n) is 7.72. The molecule has 4 unspecified atom stereocenters. The molecule has 2 aliphatic carbocycles. The summed E-state index contributed by atoms with van der Waals surface area (Å²) in [5, 5.41) is 9.86. The van der Waals surface area contributed by atoms with E-state index in [0.29, 0.717) is 11.2 Å². The summed E-state index contributed by atoms with van der Waals surface area (Å²) in [6.45, 7) is 6.83. The minimum atomic E-state index is -0.790. The molecule has 4 atom stereocenters. The van der Waals surface area contributed by atoms with Crippen LogP contribution in [0, 0.1) is 28.6 Å². The van der Waals surface area contributed by atoms with Crippen LogP contribution in [-0.2, 0) is 10.8 Å². The molecule has 0 saturated heterocycles. The van der Waals surface area contributed by atoms with Crippen LogP contribution in [0.2, 0.25) is 0 Å². The fourth-order valence-corrected chi connectivity index (χ4v) is 5.92. The molecule has 0 aromatic rings. The average Bonchev–Trinajstić information content (AvgIpc) is 2.90. The van der Waals surface area contributed by atoms with Crippen LogP contribution in [-0.4, -0.2) is 14.7 Å². The monoisotopic (exact) mass is 281 g/mol. The first-order chi connectivity index (χ1) is 8.93. The summed E-state index contributed by atoms with van der Waals surface area (Å²) < 4.78 is 12.8. The van der Waals surface area contributed by atoms with E-state index in [1.807, 2.05) is 0 Å². The molecule has 2 saturated carbocycles. The van der Waals surface area contributed by atoms with Crippen molar-refractivity contribution in [2.45, 2.75) is 76.2 Å². The Morgan fingerprint density at radius 1 is 1.11 bits per heavy atom. The summed E-state index contributed by atoms with van der Waals surface area (Å²) in [5.74, 6) is 0.646. The van der Waals surface area contributed by atoms with Crippen molar-refractivity contribution in [3.05, 3.63) is 0 Å². The minimum absolute atomic E-state index is 0.0278. The van der Waals surface area contributed by atoms with Gasteiger partial charge in [-0.05, 0) is 43.4 Å². The van der Waals surface area contributed by atoms with Gasteiger partial charge in [0.15, 0.2) is 0 Å². The molecule has 3 heteroatoms. The van der Waals surface area contributed by atoms with Gasteiger partial charge in [0.2, 0.25) is 0 Å². The van der Waals surface area contributed by atoms with Gasteiger partial charge >= 0.3 is 0 Å². The second-order valence-electron chi connectivity index (χ2n) is 7.39. The van der Waals surface area contributed by atoms with Gasteiger partial charge in [0.1, 0.15) is 0 Å². The molecule has 0 spiro atoms. The van der Waals surface area contributed by atoms with Gasteiger partial charge in [-0.15, -0.1) is 0 Å². The molecule has 108 valence electrons. The quantitative estimate of drug-likeness (QED) is 0.766. The Hall–Kier alpha value is -0.360. The molecule has 0 aromatic heterocycles. The van der Waals surface area contributed by atoms with E-state index >= 15 is 0 Å². The fraction of sp³-hybridized carbons (Fsp3) is 0.938. The standard InChI is InChI=1S/C16H27NOS/c1-16(2,3)13-9-8-12(11-17)15(10-13)19(18)14-6-4-5-7-14/h12-15H,4-10H2,1-3H3. The summed E-state index contributed by atoms with van der Waals surface area (Å²) in [6, 6.07) is 2.44. The molecule has 2 nitrogen and oxygen atoms in total. The molecule has 2 fully saturated rings. The van der Waals surface area contributed by atoms with Crippen LogP contribution in [0.15, 0.2) is 0 Å². The summed E-state index contributed by atoms with van der Waals surface area (Å²) >= 11 is 0. The Morgan fingerprint density at radius 3 is 2.26 bits per heavy atom. The molecular formula is C16H27NOS. The first kappa shape index (κ1) is 15.0. The highest BCUT2D eigenvalue weighted by Gasteiger charge is 2.41. The smallest absolute Gasteiger partial charge is 0.0668 e. The van der Waals surface area contributed by atoms with Crippen molar-refractivity contribution in [2.24, 2.45) is 17.3 Å². The number of nitriles is 1. The van der Waals surface area contributed by atoms with E-state index in [4.69, 9.17) is 0 Å². The molecule has 19 heavy (non-hydrogen) atoms. The lowest BCUT2D eigenvalue weighted by molar-refractivity contribution is 0.167. The van der Waals surface area contributed by atoms with Crippen molar-refractivity contribution >= 4 is 10.8 Å². The lowest BCUT2D eigenvalue weighted by Crippen LogP contribution is -2.39. The Kier molecular flexibility index (Phi) is 4.71. The highest BCUT2D eigenvalue weighted by Crippen LogP contribution is 2.43. The van der Waals surface area contributed by atoms with E-state index in [1.54, 1.807) is 0 Å². The van der Waals surface area contributed by atoms with Gasteiger partial charge in [0.25, 0.3) is 0 Å². The van der Waals surface area contributed by atoms with Crippen molar-refractivity contribution < 1.29 is 4.21 Å². The molecule has 2 rings (SSSR count). The summed E-state index contributed by atoms with van der Waals surface area (Å²) in [6.07, 6.45) is 7.74. The maximum atomic E-state index is 12.8. The van der Waals surface area contributed by atoms with Gasteiger partial charge in [-0.25, -0.2) is 0 Å². The van der Waals surface area contributed by atoms with Gasteiger partial charge in [-0.1, -0.05) is 33.6 Å². The first-order valence-corrected chi connectivity index (χ1v) is 9.00. The third kappa shape index (κ3) is 3.40. The normalized spacial score (nSPS) is 34.9. The van der Waals surface area contributed by atoms with E-state index in [-0.39, 0.29) is 16.6 Å². The van der Waals surface area contributed by atoms with E-state index in [9.17, 15) is 9.47 Å². The molecule has 0 radical (unpaired) electrons. The lowest BCUT2D eigenvalue weighted by atomic mass is 9.70. The molecular weight excluding hydrogens is 254 g/mol. The lowest BCUT2D eigenvalue weighted by Gasteiger charge is -2.40. The Labute approximate surface area is 120 Å². The number of hydrogen-bond donors (Lipinski definition) is 0. The topological polar surface area (TPSA) is 40.9 Å².